The van der Waals surface area contributed by atoms with Crippen molar-refractivity contribution >= 4 is 35.4 Å². The van der Waals surface area contributed by atoms with Crippen LogP contribution in [0.5, 0.6) is 0 Å². The first-order valence-corrected chi connectivity index (χ1v) is 5.54. The molecule has 0 atom stereocenters. The minimum absolute atomic E-state index is 0.565. The maximum Gasteiger partial charge on any atom is 0.0598 e. The molecule has 0 saturated heterocycles. The van der Waals surface area contributed by atoms with E-state index in [1.165, 1.54) is 0 Å². The van der Waals surface area contributed by atoms with Gasteiger partial charge in [0.1, 0.15) is 0 Å². The van der Waals surface area contributed by atoms with Gasteiger partial charge in [-0.15, -0.1) is 0 Å². The lowest BCUT2D eigenvalue weighted by Gasteiger charge is -1.97. The molecule has 0 spiro atoms. The Kier molecular flexibility index (Phi) is 3.60. The van der Waals surface area contributed by atoms with Gasteiger partial charge < -0.3 is 0 Å². The third-order valence-corrected chi connectivity index (χ3v) is 2.84. The molecular weight excluding hydrogens is 241 g/mol. The molecule has 0 aliphatic rings. The number of rotatable bonds is 2. The number of halogens is 2. The van der Waals surface area contributed by atoms with Crippen LogP contribution in [0, 0.1) is 0 Å². The first-order chi connectivity index (χ1) is 7.75. The summed E-state index contributed by atoms with van der Waals surface area (Å²) in [5, 5.41) is 1.13. The normalized spacial score (nSPS) is 10.9. The van der Waals surface area contributed by atoms with E-state index in [2.05, 4.69) is 4.98 Å². The maximum absolute atomic E-state index is 5.92. The van der Waals surface area contributed by atoms with Crippen LogP contribution in [0.15, 0.2) is 42.7 Å². The van der Waals surface area contributed by atoms with E-state index in [1.807, 2.05) is 36.4 Å². The topological polar surface area (TPSA) is 12.9 Å². The molecule has 0 saturated carbocycles. The summed E-state index contributed by atoms with van der Waals surface area (Å²) in [7, 11) is 0. The molecule has 1 heterocycles. The SMILES string of the molecule is Clc1ccc(/C=C/c2cccnc2)cc1Cl. The van der Waals surface area contributed by atoms with E-state index in [4.69, 9.17) is 23.2 Å². The van der Waals surface area contributed by atoms with Crippen LogP contribution in [0.3, 0.4) is 0 Å². The Morgan fingerprint density at radius 3 is 2.44 bits per heavy atom. The lowest BCUT2D eigenvalue weighted by molar-refractivity contribution is 1.32. The Bertz CT molecular complexity index is 507. The van der Waals surface area contributed by atoms with Gasteiger partial charge in [0.2, 0.25) is 0 Å². The van der Waals surface area contributed by atoms with Crippen molar-refractivity contribution in [3.63, 3.8) is 0 Å². The fourth-order valence-corrected chi connectivity index (χ4v) is 1.59. The number of pyridine rings is 1. The first-order valence-electron chi connectivity index (χ1n) is 4.79. The molecule has 80 valence electrons. The van der Waals surface area contributed by atoms with E-state index in [0.29, 0.717) is 10.0 Å². The number of nitrogens with zero attached hydrogens (tertiary/aromatic N) is 1. The monoisotopic (exact) mass is 249 g/mol. The second-order valence-corrected chi connectivity index (χ2v) is 4.11. The standard InChI is InChI=1S/C13H9Cl2N/c14-12-6-5-10(8-13(12)15)3-4-11-2-1-7-16-9-11/h1-9H/b4-3+. The Morgan fingerprint density at radius 2 is 1.75 bits per heavy atom. The first kappa shape index (κ1) is 11.2. The molecule has 2 aromatic rings. The van der Waals surface area contributed by atoms with E-state index < -0.39 is 0 Å². The summed E-state index contributed by atoms with van der Waals surface area (Å²) in [5.74, 6) is 0. The summed E-state index contributed by atoms with van der Waals surface area (Å²) < 4.78 is 0. The van der Waals surface area contributed by atoms with Gasteiger partial charge in [0.15, 0.2) is 0 Å². The fourth-order valence-electron chi connectivity index (χ4n) is 1.28. The number of hydrogen-bond acceptors (Lipinski definition) is 1. The van der Waals surface area contributed by atoms with Crippen LogP contribution in [0.25, 0.3) is 12.2 Å². The van der Waals surface area contributed by atoms with Crippen molar-refractivity contribution in [1.29, 1.82) is 0 Å². The molecule has 0 aliphatic heterocycles. The molecule has 0 fully saturated rings. The molecule has 0 unspecified atom stereocenters. The minimum Gasteiger partial charge on any atom is -0.264 e. The summed E-state index contributed by atoms with van der Waals surface area (Å²) in [6.45, 7) is 0. The molecule has 16 heavy (non-hydrogen) atoms. The van der Waals surface area contributed by atoms with Crippen LogP contribution in [0.1, 0.15) is 11.1 Å². The van der Waals surface area contributed by atoms with Gasteiger partial charge in [0, 0.05) is 12.4 Å². The summed E-state index contributed by atoms with van der Waals surface area (Å²) in [6.07, 6.45) is 7.50. The highest BCUT2D eigenvalue weighted by Crippen LogP contribution is 2.23. The predicted molar refractivity (Wildman–Crippen MR) is 69.6 cm³/mol. The second-order valence-electron chi connectivity index (χ2n) is 3.29. The molecule has 1 nitrogen and oxygen atoms in total. The third-order valence-electron chi connectivity index (χ3n) is 2.10. The van der Waals surface area contributed by atoms with Crippen LogP contribution in [-0.2, 0) is 0 Å². The number of aromatic nitrogens is 1. The second kappa shape index (κ2) is 5.15. The Hall–Kier alpha value is -1.31. The van der Waals surface area contributed by atoms with Gasteiger partial charge >= 0.3 is 0 Å². The summed E-state index contributed by atoms with van der Waals surface area (Å²) in [6, 6.07) is 9.42. The molecule has 0 radical (unpaired) electrons. The molecule has 3 heteroatoms. The van der Waals surface area contributed by atoms with Crippen LogP contribution in [-0.4, -0.2) is 4.98 Å². The molecule has 0 aliphatic carbocycles. The predicted octanol–water partition coefficient (Wildman–Crippen LogP) is 4.56. The molecule has 0 N–H and O–H groups in total. The quantitative estimate of drug-likeness (QED) is 0.761. The Balaban J connectivity index is 2.21. The lowest BCUT2D eigenvalue weighted by Crippen LogP contribution is -1.75. The zero-order valence-electron chi connectivity index (χ0n) is 8.40. The van der Waals surface area contributed by atoms with Gasteiger partial charge in [-0.05, 0) is 29.3 Å². The smallest absolute Gasteiger partial charge is 0.0598 e. The third kappa shape index (κ3) is 2.84. The Morgan fingerprint density at radius 1 is 0.938 bits per heavy atom. The maximum atomic E-state index is 5.92. The van der Waals surface area contributed by atoms with Crippen molar-refractivity contribution in [2.75, 3.05) is 0 Å². The van der Waals surface area contributed by atoms with E-state index >= 15 is 0 Å². The number of benzene rings is 1. The molecule has 1 aromatic carbocycles. The van der Waals surface area contributed by atoms with Gasteiger partial charge in [-0.2, -0.15) is 0 Å². The van der Waals surface area contributed by atoms with Crippen LogP contribution in [0.2, 0.25) is 10.0 Å². The molecule has 2 rings (SSSR count). The highest BCUT2D eigenvalue weighted by Gasteiger charge is 1.96. The van der Waals surface area contributed by atoms with E-state index in [0.717, 1.165) is 11.1 Å². The highest BCUT2D eigenvalue weighted by atomic mass is 35.5. The van der Waals surface area contributed by atoms with Gasteiger partial charge in [-0.25, -0.2) is 0 Å². The zero-order valence-corrected chi connectivity index (χ0v) is 9.91. The summed E-state index contributed by atoms with van der Waals surface area (Å²) in [5.41, 5.74) is 2.06. The summed E-state index contributed by atoms with van der Waals surface area (Å²) in [4.78, 5) is 4.03. The van der Waals surface area contributed by atoms with E-state index in [1.54, 1.807) is 18.5 Å². The zero-order chi connectivity index (χ0) is 11.4. The molecular formula is C13H9Cl2N. The fraction of sp³-hybridized carbons (Fsp3) is 0. The highest BCUT2D eigenvalue weighted by molar-refractivity contribution is 6.42. The largest absolute Gasteiger partial charge is 0.264 e. The van der Waals surface area contributed by atoms with E-state index in [9.17, 15) is 0 Å². The molecule has 0 amide bonds. The van der Waals surface area contributed by atoms with Crippen LogP contribution in [0.4, 0.5) is 0 Å². The molecule has 0 bridgehead atoms. The van der Waals surface area contributed by atoms with Gasteiger partial charge in [0.05, 0.1) is 10.0 Å². The van der Waals surface area contributed by atoms with Crippen LogP contribution < -0.4 is 0 Å². The van der Waals surface area contributed by atoms with Crippen molar-refractivity contribution in [2.24, 2.45) is 0 Å². The van der Waals surface area contributed by atoms with Crippen molar-refractivity contribution < 1.29 is 0 Å². The van der Waals surface area contributed by atoms with Crippen molar-refractivity contribution in [1.82, 2.24) is 4.98 Å². The van der Waals surface area contributed by atoms with Crippen molar-refractivity contribution in [3.05, 3.63) is 63.9 Å². The molecule has 1 aromatic heterocycles. The van der Waals surface area contributed by atoms with Gasteiger partial charge in [0.25, 0.3) is 0 Å². The Labute approximate surface area is 104 Å². The summed E-state index contributed by atoms with van der Waals surface area (Å²) >= 11 is 11.7. The minimum atomic E-state index is 0.565. The average molecular weight is 250 g/mol. The number of hydrogen-bond donors (Lipinski definition) is 0. The van der Waals surface area contributed by atoms with Gasteiger partial charge in [-0.1, -0.05) is 47.5 Å². The van der Waals surface area contributed by atoms with Crippen LogP contribution >= 0.6 is 23.2 Å². The lowest BCUT2D eigenvalue weighted by atomic mass is 10.2. The van der Waals surface area contributed by atoms with E-state index in [-0.39, 0.29) is 0 Å². The average Bonchev–Trinajstić information content (AvgIpc) is 2.32. The van der Waals surface area contributed by atoms with Gasteiger partial charge in [-0.3, -0.25) is 4.98 Å². The van der Waals surface area contributed by atoms with Crippen molar-refractivity contribution in [3.8, 4) is 0 Å². The van der Waals surface area contributed by atoms with Crippen molar-refractivity contribution in [2.45, 2.75) is 0 Å².